The molecular formula is C13H22N4O. The van der Waals surface area contributed by atoms with Gasteiger partial charge in [-0.05, 0) is 12.8 Å². The van der Waals surface area contributed by atoms with E-state index in [9.17, 15) is 4.79 Å². The summed E-state index contributed by atoms with van der Waals surface area (Å²) in [5, 5.41) is 3.12. The summed E-state index contributed by atoms with van der Waals surface area (Å²) in [7, 11) is 0. The van der Waals surface area contributed by atoms with Crippen molar-refractivity contribution in [3.8, 4) is 0 Å². The molecule has 5 nitrogen and oxygen atoms in total. The molecule has 0 aliphatic heterocycles. The molecule has 5 heteroatoms. The number of nitrogens with zero attached hydrogens (tertiary/aromatic N) is 2. The first-order chi connectivity index (χ1) is 8.78. The van der Waals surface area contributed by atoms with Gasteiger partial charge in [-0.2, -0.15) is 0 Å². The third-order valence-corrected chi connectivity index (χ3v) is 3.44. The van der Waals surface area contributed by atoms with Crippen LogP contribution >= 0.6 is 0 Å². The van der Waals surface area contributed by atoms with Crippen molar-refractivity contribution in [3.05, 3.63) is 18.2 Å². The lowest BCUT2D eigenvalue weighted by Crippen LogP contribution is -2.36. The lowest BCUT2D eigenvalue weighted by molar-refractivity contribution is -0.122. The summed E-state index contributed by atoms with van der Waals surface area (Å²) in [6, 6.07) is 0.359. The van der Waals surface area contributed by atoms with Crippen molar-refractivity contribution in [2.45, 2.75) is 57.7 Å². The number of hydrogen-bond acceptors (Lipinski definition) is 3. The normalized spacial score (nSPS) is 17.4. The number of nitrogens with one attached hydrogen (secondary N) is 1. The number of rotatable bonds is 4. The largest absolute Gasteiger partial charge is 0.352 e. The van der Waals surface area contributed by atoms with Gasteiger partial charge in [0.2, 0.25) is 5.91 Å². The Morgan fingerprint density at radius 1 is 1.39 bits per heavy atom. The summed E-state index contributed by atoms with van der Waals surface area (Å²) >= 11 is 0. The van der Waals surface area contributed by atoms with Crippen molar-refractivity contribution in [2.24, 2.45) is 5.73 Å². The topological polar surface area (TPSA) is 72.9 Å². The Balaban J connectivity index is 1.80. The second kappa shape index (κ2) is 6.54. The zero-order valence-corrected chi connectivity index (χ0v) is 10.8. The molecule has 1 saturated carbocycles. The predicted molar refractivity (Wildman–Crippen MR) is 69.8 cm³/mol. The van der Waals surface area contributed by atoms with Crippen LogP contribution in [0.5, 0.6) is 0 Å². The number of nitrogens with two attached hydrogens (primary N) is 1. The molecule has 2 rings (SSSR count). The van der Waals surface area contributed by atoms with Crippen LogP contribution in [0.2, 0.25) is 0 Å². The quantitative estimate of drug-likeness (QED) is 0.788. The van der Waals surface area contributed by atoms with E-state index in [-0.39, 0.29) is 5.91 Å². The maximum absolute atomic E-state index is 11.9. The van der Waals surface area contributed by atoms with Gasteiger partial charge >= 0.3 is 0 Å². The van der Waals surface area contributed by atoms with Crippen LogP contribution < -0.4 is 11.1 Å². The van der Waals surface area contributed by atoms with Gasteiger partial charge in [0.25, 0.3) is 0 Å². The van der Waals surface area contributed by atoms with Gasteiger partial charge in [0.15, 0.2) is 0 Å². The molecule has 100 valence electrons. The van der Waals surface area contributed by atoms with Crippen LogP contribution in [0, 0.1) is 0 Å². The summed E-state index contributed by atoms with van der Waals surface area (Å²) in [6.07, 6.45) is 10.8. The first kappa shape index (κ1) is 13.1. The number of amides is 1. The summed E-state index contributed by atoms with van der Waals surface area (Å²) in [5.74, 6) is 0.0721. The minimum Gasteiger partial charge on any atom is -0.352 e. The van der Waals surface area contributed by atoms with Crippen LogP contribution in [-0.4, -0.2) is 21.5 Å². The molecule has 1 aromatic heterocycles. The number of carbonyl (C=O) groups is 1. The zero-order chi connectivity index (χ0) is 12.8. The fourth-order valence-electron chi connectivity index (χ4n) is 2.46. The van der Waals surface area contributed by atoms with E-state index in [1.165, 1.54) is 25.7 Å². The molecule has 1 amide bonds. The molecule has 1 aliphatic rings. The van der Waals surface area contributed by atoms with Gasteiger partial charge in [-0.1, -0.05) is 25.7 Å². The fourth-order valence-corrected chi connectivity index (χ4v) is 2.46. The van der Waals surface area contributed by atoms with E-state index in [4.69, 9.17) is 5.73 Å². The van der Waals surface area contributed by atoms with E-state index in [0.717, 1.165) is 18.5 Å². The molecule has 1 fully saturated rings. The summed E-state index contributed by atoms with van der Waals surface area (Å²) < 4.78 is 1.79. The first-order valence-electron chi connectivity index (χ1n) is 6.78. The highest BCUT2D eigenvalue weighted by molar-refractivity contribution is 5.76. The molecule has 1 aromatic rings. The van der Waals surface area contributed by atoms with Crippen molar-refractivity contribution in [3.63, 3.8) is 0 Å². The Labute approximate surface area is 108 Å². The highest BCUT2D eigenvalue weighted by atomic mass is 16.2. The van der Waals surface area contributed by atoms with Crippen LogP contribution in [0.15, 0.2) is 12.5 Å². The number of carbonyl (C=O) groups excluding carboxylic acids is 1. The van der Waals surface area contributed by atoms with Gasteiger partial charge < -0.3 is 15.6 Å². The first-order valence-corrected chi connectivity index (χ1v) is 6.78. The number of hydrogen-bond donors (Lipinski definition) is 2. The van der Waals surface area contributed by atoms with Gasteiger partial charge in [0.1, 0.15) is 6.54 Å². The molecule has 0 unspecified atom stereocenters. The molecule has 18 heavy (non-hydrogen) atoms. The van der Waals surface area contributed by atoms with Gasteiger partial charge in [-0.15, -0.1) is 0 Å². The number of imidazole rings is 1. The van der Waals surface area contributed by atoms with Gasteiger partial charge in [-0.3, -0.25) is 4.79 Å². The van der Waals surface area contributed by atoms with E-state index in [0.29, 0.717) is 19.1 Å². The molecule has 0 aromatic carbocycles. The molecular weight excluding hydrogens is 228 g/mol. The van der Waals surface area contributed by atoms with Crippen molar-refractivity contribution >= 4 is 5.91 Å². The minimum absolute atomic E-state index is 0.0721. The molecule has 1 heterocycles. The third-order valence-electron chi connectivity index (χ3n) is 3.44. The van der Waals surface area contributed by atoms with Gasteiger partial charge in [0, 0.05) is 18.8 Å². The second-order valence-electron chi connectivity index (χ2n) is 5.00. The molecule has 3 N–H and O–H groups in total. The van der Waals surface area contributed by atoms with Crippen LogP contribution in [-0.2, 0) is 17.9 Å². The van der Waals surface area contributed by atoms with E-state index >= 15 is 0 Å². The van der Waals surface area contributed by atoms with E-state index in [1.54, 1.807) is 10.9 Å². The molecule has 0 spiro atoms. The zero-order valence-electron chi connectivity index (χ0n) is 10.8. The Morgan fingerprint density at radius 3 is 2.72 bits per heavy atom. The third kappa shape index (κ3) is 3.84. The predicted octanol–water partition coefficient (Wildman–Crippen LogP) is 1.18. The lowest BCUT2D eigenvalue weighted by Gasteiger charge is -2.16. The van der Waals surface area contributed by atoms with Crippen LogP contribution in [0.4, 0.5) is 0 Å². The molecule has 0 radical (unpaired) electrons. The SMILES string of the molecule is NCc1cn(CC(=O)NC2CCCCCC2)cn1. The van der Waals surface area contributed by atoms with Gasteiger partial charge in [0.05, 0.1) is 12.0 Å². The Bertz CT molecular complexity index is 380. The van der Waals surface area contributed by atoms with E-state index in [2.05, 4.69) is 10.3 Å². The molecule has 1 aliphatic carbocycles. The second-order valence-corrected chi connectivity index (χ2v) is 5.00. The molecule has 0 atom stereocenters. The Hall–Kier alpha value is -1.36. The highest BCUT2D eigenvalue weighted by Gasteiger charge is 2.14. The highest BCUT2D eigenvalue weighted by Crippen LogP contribution is 2.17. The van der Waals surface area contributed by atoms with Crippen LogP contribution in [0.25, 0.3) is 0 Å². The maximum Gasteiger partial charge on any atom is 0.240 e. The Morgan fingerprint density at radius 2 is 2.11 bits per heavy atom. The van der Waals surface area contributed by atoms with Crippen molar-refractivity contribution in [2.75, 3.05) is 0 Å². The van der Waals surface area contributed by atoms with E-state index < -0.39 is 0 Å². The summed E-state index contributed by atoms with van der Waals surface area (Å²) in [5.41, 5.74) is 6.30. The van der Waals surface area contributed by atoms with Gasteiger partial charge in [-0.25, -0.2) is 4.98 Å². The lowest BCUT2D eigenvalue weighted by atomic mass is 10.1. The average Bonchev–Trinajstić information content (AvgIpc) is 2.65. The van der Waals surface area contributed by atoms with Crippen molar-refractivity contribution < 1.29 is 4.79 Å². The minimum atomic E-state index is 0.0721. The Kier molecular flexibility index (Phi) is 4.75. The monoisotopic (exact) mass is 250 g/mol. The van der Waals surface area contributed by atoms with Crippen LogP contribution in [0.3, 0.4) is 0 Å². The smallest absolute Gasteiger partial charge is 0.240 e. The molecule has 0 bridgehead atoms. The average molecular weight is 250 g/mol. The standard InChI is InChI=1S/C13H22N4O/c14-7-12-8-17(10-15-12)9-13(18)16-11-5-3-1-2-4-6-11/h8,10-11H,1-7,9,14H2,(H,16,18). The summed E-state index contributed by atoms with van der Waals surface area (Å²) in [4.78, 5) is 16.0. The van der Waals surface area contributed by atoms with Crippen molar-refractivity contribution in [1.29, 1.82) is 0 Å². The van der Waals surface area contributed by atoms with E-state index in [1.807, 2.05) is 6.20 Å². The maximum atomic E-state index is 11.9. The molecule has 0 saturated heterocycles. The fraction of sp³-hybridized carbons (Fsp3) is 0.692. The number of aromatic nitrogens is 2. The van der Waals surface area contributed by atoms with Crippen molar-refractivity contribution in [1.82, 2.24) is 14.9 Å². The van der Waals surface area contributed by atoms with Crippen LogP contribution in [0.1, 0.15) is 44.2 Å². The summed E-state index contributed by atoms with van der Waals surface area (Å²) in [6.45, 7) is 0.751.